The third kappa shape index (κ3) is 5.46. The largest absolute Gasteiger partial charge is 0.481 e. The average Bonchev–Trinajstić information content (AvgIpc) is 2.32. The van der Waals surface area contributed by atoms with Gasteiger partial charge in [-0.1, -0.05) is 13.8 Å². The van der Waals surface area contributed by atoms with E-state index < -0.39 is 11.9 Å². The predicted molar refractivity (Wildman–Crippen MR) is 73.0 cm³/mol. The van der Waals surface area contributed by atoms with Gasteiger partial charge in [0.15, 0.2) is 0 Å². The molecule has 0 saturated carbocycles. The second-order valence-corrected chi connectivity index (χ2v) is 5.56. The summed E-state index contributed by atoms with van der Waals surface area (Å²) in [5, 5.41) is 14.4. The van der Waals surface area contributed by atoms with E-state index in [9.17, 15) is 9.59 Å². The van der Waals surface area contributed by atoms with E-state index in [-0.39, 0.29) is 12.1 Å². The summed E-state index contributed by atoms with van der Waals surface area (Å²) in [6.45, 7) is 6.14. The molecule has 1 aliphatic rings. The molecule has 3 N–H and O–H groups in total. The van der Waals surface area contributed by atoms with Gasteiger partial charge in [0.2, 0.25) is 0 Å². The summed E-state index contributed by atoms with van der Waals surface area (Å²) in [6.07, 6.45) is 1.41. The zero-order valence-corrected chi connectivity index (χ0v) is 12.0. The first-order chi connectivity index (χ1) is 8.90. The van der Waals surface area contributed by atoms with Crippen molar-refractivity contribution in [3.8, 4) is 0 Å². The van der Waals surface area contributed by atoms with E-state index in [1.54, 1.807) is 6.92 Å². The Morgan fingerprint density at radius 2 is 2.16 bits per heavy atom. The Labute approximate surface area is 114 Å². The molecule has 0 aromatic carbocycles. The lowest BCUT2D eigenvalue weighted by Gasteiger charge is -2.35. The van der Waals surface area contributed by atoms with Crippen molar-refractivity contribution in [2.45, 2.75) is 32.7 Å². The lowest BCUT2D eigenvalue weighted by Crippen LogP contribution is -2.51. The van der Waals surface area contributed by atoms with Crippen LogP contribution in [0.15, 0.2) is 0 Å². The number of carbonyl (C=O) groups is 2. The van der Waals surface area contributed by atoms with Crippen LogP contribution in [0.4, 0.5) is 4.79 Å². The van der Waals surface area contributed by atoms with Crippen LogP contribution in [0, 0.1) is 11.8 Å². The average molecular weight is 271 g/mol. The van der Waals surface area contributed by atoms with Gasteiger partial charge >= 0.3 is 12.0 Å². The number of hydrogen-bond donors (Lipinski definition) is 3. The van der Waals surface area contributed by atoms with E-state index in [2.05, 4.69) is 29.5 Å². The van der Waals surface area contributed by atoms with Crippen LogP contribution < -0.4 is 10.6 Å². The fourth-order valence-electron chi connectivity index (χ4n) is 2.31. The zero-order valence-electron chi connectivity index (χ0n) is 12.0. The molecule has 0 bridgehead atoms. The van der Waals surface area contributed by atoms with Gasteiger partial charge in [-0.2, -0.15) is 0 Å². The maximum atomic E-state index is 11.7. The van der Waals surface area contributed by atoms with Gasteiger partial charge < -0.3 is 20.6 Å². The molecular formula is C13H25N3O3. The predicted octanol–water partition coefficient (Wildman–Crippen LogP) is 0.737. The van der Waals surface area contributed by atoms with E-state index in [4.69, 9.17) is 5.11 Å². The fourth-order valence-corrected chi connectivity index (χ4v) is 2.31. The number of nitrogens with zero attached hydrogens (tertiary/aromatic N) is 1. The van der Waals surface area contributed by atoms with E-state index in [0.717, 1.165) is 19.5 Å². The molecule has 2 amide bonds. The summed E-state index contributed by atoms with van der Waals surface area (Å²) in [6, 6.07) is 0.00656. The lowest BCUT2D eigenvalue weighted by atomic mass is 9.94. The van der Waals surface area contributed by atoms with Gasteiger partial charge in [-0.15, -0.1) is 0 Å². The minimum absolute atomic E-state index is 0.195. The number of likely N-dealkylation sites (tertiary alicyclic amines) is 1. The van der Waals surface area contributed by atoms with Crippen molar-refractivity contribution < 1.29 is 14.7 Å². The summed E-state index contributed by atoms with van der Waals surface area (Å²) in [4.78, 5) is 24.6. The molecule has 6 heteroatoms. The van der Waals surface area contributed by atoms with Crippen molar-refractivity contribution in [2.75, 3.05) is 26.7 Å². The number of rotatable bonds is 5. The molecular weight excluding hydrogens is 246 g/mol. The summed E-state index contributed by atoms with van der Waals surface area (Å²) >= 11 is 0. The molecule has 1 aliphatic heterocycles. The van der Waals surface area contributed by atoms with Crippen molar-refractivity contribution in [1.29, 1.82) is 0 Å². The summed E-state index contributed by atoms with van der Waals surface area (Å²) in [7, 11) is 2.08. The molecule has 3 atom stereocenters. The van der Waals surface area contributed by atoms with E-state index >= 15 is 0 Å². The third-order valence-electron chi connectivity index (χ3n) is 3.71. The highest BCUT2D eigenvalue weighted by molar-refractivity contribution is 5.74. The first-order valence-electron chi connectivity index (χ1n) is 6.86. The highest BCUT2D eigenvalue weighted by atomic mass is 16.4. The quantitative estimate of drug-likeness (QED) is 0.689. The Kier molecular flexibility index (Phi) is 6.08. The monoisotopic (exact) mass is 271 g/mol. The molecule has 0 aliphatic carbocycles. The van der Waals surface area contributed by atoms with Crippen molar-refractivity contribution in [3.05, 3.63) is 0 Å². The van der Waals surface area contributed by atoms with Crippen LogP contribution in [-0.4, -0.2) is 54.7 Å². The zero-order chi connectivity index (χ0) is 14.4. The molecule has 0 aromatic heterocycles. The number of carbonyl (C=O) groups excluding carboxylic acids is 1. The number of urea groups is 1. The molecule has 0 aromatic rings. The van der Waals surface area contributed by atoms with Gasteiger partial charge in [-0.25, -0.2) is 4.79 Å². The van der Waals surface area contributed by atoms with Gasteiger partial charge in [0.05, 0.1) is 5.92 Å². The van der Waals surface area contributed by atoms with Gasteiger partial charge in [0.25, 0.3) is 0 Å². The second-order valence-electron chi connectivity index (χ2n) is 5.56. The molecule has 6 nitrogen and oxygen atoms in total. The van der Waals surface area contributed by atoms with E-state index in [1.807, 2.05) is 0 Å². The van der Waals surface area contributed by atoms with Crippen LogP contribution in [-0.2, 0) is 4.79 Å². The minimum Gasteiger partial charge on any atom is -0.481 e. The highest BCUT2D eigenvalue weighted by Crippen LogP contribution is 2.15. The van der Waals surface area contributed by atoms with E-state index in [1.165, 1.54) is 0 Å². The number of carboxylic acid groups (broad SMARTS) is 1. The molecule has 3 unspecified atom stereocenters. The smallest absolute Gasteiger partial charge is 0.315 e. The Balaban J connectivity index is 2.22. The van der Waals surface area contributed by atoms with Crippen molar-refractivity contribution in [1.82, 2.24) is 15.5 Å². The fraction of sp³-hybridized carbons (Fsp3) is 0.846. The molecule has 1 saturated heterocycles. The Morgan fingerprint density at radius 3 is 2.74 bits per heavy atom. The molecule has 110 valence electrons. The van der Waals surface area contributed by atoms with Gasteiger partial charge in [0.1, 0.15) is 0 Å². The standard InChI is InChI=1S/C13H25N3O3/c1-9(12(17)18)4-6-14-13(19)15-11-5-7-16(3)8-10(11)2/h9-11H,4-8H2,1-3H3,(H,17,18)(H2,14,15,19). The SMILES string of the molecule is CC(CCNC(=O)NC1CCN(C)CC1C)C(=O)O. The maximum absolute atomic E-state index is 11.7. The van der Waals surface area contributed by atoms with Gasteiger partial charge in [-0.05, 0) is 32.4 Å². The van der Waals surface area contributed by atoms with Crippen LogP contribution in [0.2, 0.25) is 0 Å². The first kappa shape index (κ1) is 15.8. The number of hydrogen-bond acceptors (Lipinski definition) is 3. The van der Waals surface area contributed by atoms with Crippen LogP contribution in [0.1, 0.15) is 26.7 Å². The number of nitrogens with one attached hydrogen (secondary N) is 2. The third-order valence-corrected chi connectivity index (χ3v) is 3.71. The summed E-state index contributed by atoms with van der Waals surface area (Å²) in [5.41, 5.74) is 0. The molecule has 1 heterocycles. The van der Waals surface area contributed by atoms with Gasteiger partial charge in [0, 0.05) is 19.1 Å². The number of carboxylic acids is 1. The van der Waals surface area contributed by atoms with Crippen LogP contribution in [0.25, 0.3) is 0 Å². The lowest BCUT2D eigenvalue weighted by molar-refractivity contribution is -0.141. The number of piperidine rings is 1. The van der Waals surface area contributed by atoms with Crippen LogP contribution >= 0.6 is 0 Å². The number of aliphatic carboxylic acids is 1. The molecule has 0 spiro atoms. The first-order valence-corrected chi connectivity index (χ1v) is 6.86. The maximum Gasteiger partial charge on any atom is 0.315 e. The summed E-state index contributed by atoms with van der Waals surface area (Å²) in [5.74, 6) is -0.823. The minimum atomic E-state index is -0.828. The molecule has 19 heavy (non-hydrogen) atoms. The van der Waals surface area contributed by atoms with E-state index in [0.29, 0.717) is 18.9 Å². The van der Waals surface area contributed by atoms with Crippen LogP contribution in [0.3, 0.4) is 0 Å². The van der Waals surface area contributed by atoms with Gasteiger partial charge in [-0.3, -0.25) is 4.79 Å². The van der Waals surface area contributed by atoms with Crippen molar-refractivity contribution in [2.24, 2.45) is 11.8 Å². The number of amides is 2. The molecule has 1 fully saturated rings. The topological polar surface area (TPSA) is 81.7 Å². The molecule has 1 rings (SSSR count). The Morgan fingerprint density at radius 1 is 1.47 bits per heavy atom. The molecule has 0 radical (unpaired) electrons. The van der Waals surface area contributed by atoms with Crippen LogP contribution in [0.5, 0.6) is 0 Å². The summed E-state index contributed by atoms with van der Waals surface area (Å²) < 4.78 is 0. The Bertz CT molecular complexity index is 322. The van der Waals surface area contributed by atoms with Crippen molar-refractivity contribution in [3.63, 3.8) is 0 Å². The highest BCUT2D eigenvalue weighted by Gasteiger charge is 2.25. The normalized spacial score (nSPS) is 25.6. The van der Waals surface area contributed by atoms with Crippen molar-refractivity contribution >= 4 is 12.0 Å². The second kappa shape index (κ2) is 7.33. The Hall–Kier alpha value is -1.30.